The quantitative estimate of drug-likeness (QED) is 0.596. The molecule has 0 rings (SSSR count). The summed E-state index contributed by atoms with van der Waals surface area (Å²) in [6, 6.07) is 0. The maximum atomic E-state index is 9.09. The van der Waals surface area contributed by atoms with Gasteiger partial charge in [-0.1, -0.05) is 6.92 Å². The highest BCUT2D eigenvalue weighted by Gasteiger charge is 2.16. The molecule has 4 heteroatoms. The van der Waals surface area contributed by atoms with Crippen molar-refractivity contribution < 1.29 is 5.11 Å². The Hall–Kier alpha value is -0.160. The molecule has 0 saturated carbocycles. The third-order valence-electron chi connectivity index (χ3n) is 2.99. The zero-order valence-corrected chi connectivity index (χ0v) is 12.1. The molecule has 0 aliphatic rings. The summed E-state index contributed by atoms with van der Waals surface area (Å²) in [7, 11) is 4.21. The van der Waals surface area contributed by atoms with Gasteiger partial charge in [0.1, 0.15) is 0 Å². The zero-order valence-electron chi connectivity index (χ0n) is 12.1. The Balaban J connectivity index is 3.84. The predicted octanol–water partition coefficient (Wildman–Crippen LogP) is 0.750. The lowest BCUT2D eigenvalue weighted by Gasteiger charge is -2.26. The van der Waals surface area contributed by atoms with Crippen LogP contribution in [-0.4, -0.2) is 67.3 Å². The van der Waals surface area contributed by atoms with E-state index in [1.807, 2.05) is 6.92 Å². The summed E-state index contributed by atoms with van der Waals surface area (Å²) in [5.41, 5.74) is 5.50. The molecule has 17 heavy (non-hydrogen) atoms. The normalized spacial score (nSPS) is 15.5. The summed E-state index contributed by atoms with van der Waals surface area (Å²) in [5.74, 6) is 0. The van der Waals surface area contributed by atoms with E-state index in [0.717, 1.165) is 39.0 Å². The van der Waals surface area contributed by atoms with Gasteiger partial charge in [-0.2, -0.15) is 0 Å². The van der Waals surface area contributed by atoms with Crippen LogP contribution in [0.15, 0.2) is 0 Å². The maximum Gasteiger partial charge on any atom is 0.0608 e. The number of nitrogens with zero attached hydrogens (tertiary/aromatic N) is 2. The van der Waals surface area contributed by atoms with Gasteiger partial charge < -0.3 is 20.6 Å². The van der Waals surface area contributed by atoms with Gasteiger partial charge in [0.2, 0.25) is 0 Å². The van der Waals surface area contributed by atoms with Gasteiger partial charge in [0.25, 0.3) is 0 Å². The highest BCUT2D eigenvalue weighted by Crippen LogP contribution is 2.08. The number of hydrogen-bond donors (Lipinski definition) is 2. The Morgan fingerprint density at radius 1 is 1.12 bits per heavy atom. The maximum absolute atomic E-state index is 9.09. The zero-order chi connectivity index (χ0) is 13.3. The summed E-state index contributed by atoms with van der Waals surface area (Å²) in [6.45, 7) is 8.63. The molecule has 1 atom stereocenters. The highest BCUT2D eigenvalue weighted by atomic mass is 16.3. The third kappa shape index (κ3) is 9.53. The first-order chi connectivity index (χ1) is 7.91. The minimum atomic E-state index is -0.417. The second-order valence-electron chi connectivity index (χ2n) is 5.56. The fourth-order valence-electron chi connectivity index (χ4n) is 1.78. The first-order valence-corrected chi connectivity index (χ1v) is 6.68. The molecule has 1 unspecified atom stereocenters. The van der Waals surface area contributed by atoms with E-state index in [4.69, 9.17) is 10.8 Å². The van der Waals surface area contributed by atoms with E-state index in [9.17, 15) is 0 Å². The summed E-state index contributed by atoms with van der Waals surface area (Å²) in [6.07, 6.45) is 3.12. The Labute approximate surface area is 107 Å². The van der Waals surface area contributed by atoms with E-state index >= 15 is 0 Å². The van der Waals surface area contributed by atoms with Crippen molar-refractivity contribution in [2.45, 2.75) is 38.6 Å². The number of nitrogens with two attached hydrogens (primary N) is 1. The second kappa shape index (κ2) is 8.86. The molecule has 104 valence electrons. The molecule has 0 spiro atoms. The van der Waals surface area contributed by atoms with Crippen LogP contribution in [0.3, 0.4) is 0 Å². The van der Waals surface area contributed by atoms with E-state index < -0.39 is 5.54 Å². The van der Waals surface area contributed by atoms with Gasteiger partial charge in [-0.15, -0.1) is 0 Å². The first-order valence-electron chi connectivity index (χ1n) is 6.68. The average Bonchev–Trinajstić information content (AvgIpc) is 2.25. The van der Waals surface area contributed by atoms with Crippen LogP contribution >= 0.6 is 0 Å². The van der Waals surface area contributed by atoms with Crippen molar-refractivity contribution in [3.05, 3.63) is 0 Å². The van der Waals surface area contributed by atoms with Crippen LogP contribution in [0, 0.1) is 0 Å². The van der Waals surface area contributed by atoms with Crippen molar-refractivity contribution in [1.29, 1.82) is 0 Å². The van der Waals surface area contributed by atoms with E-state index in [2.05, 4.69) is 30.8 Å². The number of aliphatic hydroxyl groups excluding tert-OH is 1. The van der Waals surface area contributed by atoms with Gasteiger partial charge in [0, 0.05) is 18.6 Å². The van der Waals surface area contributed by atoms with Crippen molar-refractivity contribution in [2.24, 2.45) is 5.73 Å². The largest absolute Gasteiger partial charge is 0.394 e. The minimum absolute atomic E-state index is 0.0679. The Morgan fingerprint density at radius 3 is 2.24 bits per heavy atom. The number of aliphatic hydroxyl groups is 1. The van der Waals surface area contributed by atoms with Gasteiger partial charge in [0.15, 0.2) is 0 Å². The molecule has 0 saturated heterocycles. The predicted molar refractivity (Wildman–Crippen MR) is 74.2 cm³/mol. The van der Waals surface area contributed by atoms with Crippen LogP contribution in [0.5, 0.6) is 0 Å². The molecule has 0 aromatic rings. The Morgan fingerprint density at radius 2 is 1.76 bits per heavy atom. The molecular weight excluding hydrogens is 214 g/mol. The molecule has 0 aromatic carbocycles. The lowest BCUT2D eigenvalue weighted by molar-refractivity contribution is 0.184. The molecule has 0 radical (unpaired) electrons. The van der Waals surface area contributed by atoms with E-state index in [0.29, 0.717) is 0 Å². The van der Waals surface area contributed by atoms with Gasteiger partial charge in [-0.05, 0) is 53.4 Å². The first kappa shape index (κ1) is 16.8. The van der Waals surface area contributed by atoms with E-state index in [1.165, 1.54) is 6.42 Å². The summed E-state index contributed by atoms with van der Waals surface area (Å²) >= 11 is 0. The number of hydrogen-bond acceptors (Lipinski definition) is 4. The lowest BCUT2D eigenvalue weighted by atomic mass is 9.98. The van der Waals surface area contributed by atoms with E-state index in [-0.39, 0.29) is 6.61 Å². The summed E-state index contributed by atoms with van der Waals surface area (Å²) in [5, 5.41) is 9.09. The topological polar surface area (TPSA) is 52.7 Å². The van der Waals surface area contributed by atoms with Gasteiger partial charge >= 0.3 is 0 Å². The van der Waals surface area contributed by atoms with Crippen LogP contribution in [-0.2, 0) is 0 Å². The molecule has 0 aliphatic carbocycles. The average molecular weight is 245 g/mol. The summed E-state index contributed by atoms with van der Waals surface area (Å²) in [4.78, 5) is 4.69. The molecule has 0 heterocycles. The third-order valence-corrected chi connectivity index (χ3v) is 2.99. The van der Waals surface area contributed by atoms with Crippen LogP contribution in [0.4, 0.5) is 0 Å². The molecule has 0 aliphatic heterocycles. The highest BCUT2D eigenvalue weighted by molar-refractivity contribution is 4.77. The summed E-state index contributed by atoms with van der Waals surface area (Å²) < 4.78 is 0. The van der Waals surface area contributed by atoms with Crippen LogP contribution in [0.25, 0.3) is 0 Å². The fraction of sp³-hybridized carbons (Fsp3) is 1.00. The van der Waals surface area contributed by atoms with Gasteiger partial charge in [-0.3, -0.25) is 0 Å². The number of likely N-dealkylation sites (N-methyl/N-ethyl adjacent to an activating group) is 1. The fourth-order valence-corrected chi connectivity index (χ4v) is 1.78. The van der Waals surface area contributed by atoms with Gasteiger partial charge in [-0.25, -0.2) is 0 Å². The standard InChI is InChI=1S/C13H31N3O/c1-5-8-16(11-10-15(3)4)9-6-7-13(2,14)12-17/h17H,5-12,14H2,1-4H3. The SMILES string of the molecule is CCCN(CCCC(C)(N)CO)CCN(C)C. The van der Waals surface area contributed by atoms with Crippen molar-refractivity contribution in [2.75, 3.05) is 46.9 Å². The van der Waals surface area contributed by atoms with Crippen LogP contribution < -0.4 is 5.73 Å². The minimum Gasteiger partial charge on any atom is -0.394 e. The molecule has 0 fully saturated rings. The number of rotatable bonds is 10. The van der Waals surface area contributed by atoms with Crippen molar-refractivity contribution in [1.82, 2.24) is 9.80 Å². The van der Waals surface area contributed by atoms with Crippen molar-refractivity contribution in [3.63, 3.8) is 0 Å². The molecule has 0 aromatic heterocycles. The Kier molecular flexibility index (Phi) is 8.78. The Bertz CT molecular complexity index is 184. The molecule has 3 N–H and O–H groups in total. The smallest absolute Gasteiger partial charge is 0.0608 e. The van der Waals surface area contributed by atoms with Crippen LogP contribution in [0.1, 0.15) is 33.1 Å². The second-order valence-corrected chi connectivity index (χ2v) is 5.56. The van der Waals surface area contributed by atoms with Crippen molar-refractivity contribution in [3.8, 4) is 0 Å². The van der Waals surface area contributed by atoms with E-state index in [1.54, 1.807) is 0 Å². The molecule has 0 bridgehead atoms. The van der Waals surface area contributed by atoms with Crippen molar-refractivity contribution >= 4 is 0 Å². The molecule has 0 amide bonds. The van der Waals surface area contributed by atoms with Gasteiger partial charge in [0.05, 0.1) is 6.61 Å². The monoisotopic (exact) mass is 245 g/mol. The van der Waals surface area contributed by atoms with Crippen LogP contribution in [0.2, 0.25) is 0 Å². The molecule has 4 nitrogen and oxygen atoms in total. The molecular formula is C13H31N3O. The lowest BCUT2D eigenvalue weighted by Crippen LogP contribution is -2.41.